The van der Waals surface area contributed by atoms with E-state index in [0.717, 1.165) is 5.56 Å². The average Bonchev–Trinajstić information content (AvgIpc) is 2.40. The molecule has 0 saturated carbocycles. The number of nitriles is 1. The minimum absolute atomic E-state index is 0.324. The smallest absolute Gasteiger partial charge is 0.123 e. The molecule has 0 radical (unpaired) electrons. The van der Waals surface area contributed by atoms with E-state index >= 15 is 0 Å². The van der Waals surface area contributed by atoms with Gasteiger partial charge in [0.25, 0.3) is 0 Å². The van der Waals surface area contributed by atoms with Gasteiger partial charge in [0.1, 0.15) is 5.82 Å². The first kappa shape index (κ1) is 12.2. The highest BCUT2D eigenvalue weighted by molar-refractivity contribution is 5.37. The van der Waals surface area contributed by atoms with Crippen molar-refractivity contribution in [2.45, 2.75) is 13.1 Å². The Labute approximate surface area is 105 Å². The summed E-state index contributed by atoms with van der Waals surface area (Å²) in [6.07, 6.45) is 3.44. The predicted octanol–water partition coefficient (Wildman–Crippen LogP) is 2.38. The van der Waals surface area contributed by atoms with Crippen LogP contribution in [0, 0.1) is 17.1 Å². The maximum atomic E-state index is 13.1. The Bertz CT molecular complexity index is 561. The van der Waals surface area contributed by atoms with Crippen molar-refractivity contribution >= 4 is 0 Å². The van der Waals surface area contributed by atoms with Crippen LogP contribution in [-0.2, 0) is 13.1 Å². The molecule has 4 heteroatoms. The number of benzene rings is 1. The molecule has 3 nitrogen and oxygen atoms in total. The van der Waals surface area contributed by atoms with Gasteiger partial charge in [0.2, 0.25) is 0 Å². The van der Waals surface area contributed by atoms with Gasteiger partial charge in [-0.05, 0) is 41.5 Å². The summed E-state index contributed by atoms with van der Waals surface area (Å²) >= 11 is 0. The fraction of sp³-hybridized carbons (Fsp3) is 0.143. The molecule has 0 aliphatic rings. The van der Waals surface area contributed by atoms with Gasteiger partial charge in [-0.2, -0.15) is 5.26 Å². The summed E-state index contributed by atoms with van der Waals surface area (Å²) in [4.78, 5) is 3.93. The van der Waals surface area contributed by atoms with Gasteiger partial charge in [-0.15, -0.1) is 0 Å². The van der Waals surface area contributed by atoms with Crippen molar-refractivity contribution in [3.8, 4) is 6.07 Å². The highest BCUT2D eigenvalue weighted by atomic mass is 19.1. The Balaban J connectivity index is 1.98. The second-order valence-electron chi connectivity index (χ2n) is 3.87. The third-order valence-electron chi connectivity index (χ3n) is 2.58. The van der Waals surface area contributed by atoms with E-state index in [9.17, 15) is 4.39 Å². The SMILES string of the molecule is N#Cc1ccc(F)cc1CNCc1ccncc1. The van der Waals surface area contributed by atoms with Gasteiger partial charge in [-0.1, -0.05) is 0 Å². The van der Waals surface area contributed by atoms with Gasteiger partial charge in [0, 0.05) is 25.5 Å². The zero-order valence-corrected chi connectivity index (χ0v) is 9.73. The number of hydrogen-bond donors (Lipinski definition) is 1. The first-order chi connectivity index (χ1) is 8.79. The molecule has 2 aromatic rings. The summed E-state index contributed by atoms with van der Waals surface area (Å²) in [5.74, 6) is -0.324. The van der Waals surface area contributed by atoms with Crippen molar-refractivity contribution < 1.29 is 4.39 Å². The Hall–Kier alpha value is -2.25. The Kier molecular flexibility index (Phi) is 4.00. The van der Waals surface area contributed by atoms with Gasteiger partial charge < -0.3 is 5.32 Å². The molecule has 18 heavy (non-hydrogen) atoms. The molecule has 0 unspecified atom stereocenters. The fourth-order valence-corrected chi connectivity index (χ4v) is 1.66. The van der Waals surface area contributed by atoms with Crippen LogP contribution in [0.1, 0.15) is 16.7 Å². The number of hydrogen-bond acceptors (Lipinski definition) is 3. The number of pyridine rings is 1. The molecule has 90 valence electrons. The van der Waals surface area contributed by atoms with Crippen LogP contribution in [0.15, 0.2) is 42.7 Å². The molecular weight excluding hydrogens is 229 g/mol. The molecule has 0 aliphatic carbocycles. The van der Waals surface area contributed by atoms with Crippen molar-refractivity contribution in [3.05, 3.63) is 65.2 Å². The quantitative estimate of drug-likeness (QED) is 0.894. The number of aromatic nitrogens is 1. The number of halogens is 1. The van der Waals surface area contributed by atoms with Crippen LogP contribution in [0.5, 0.6) is 0 Å². The number of rotatable bonds is 4. The number of nitrogens with zero attached hydrogens (tertiary/aromatic N) is 2. The molecular formula is C14H12FN3. The molecule has 2 rings (SSSR count). The second kappa shape index (κ2) is 5.89. The summed E-state index contributed by atoms with van der Waals surface area (Å²) in [6.45, 7) is 1.12. The summed E-state index contributed by atoms with van der Waals surface area (Å²) in [6, 6.07) is 10.1. The molecule has 0 bridgehead atoms. The molecule has 0 fully saturated rings. The van der Waals surface area contributed by atoms with Crippen LogP contribution in [0.3, 0.4) is 0 Å². The zero-order chi connectivity index (χ0) is 12.8. The molecule has 1 heterocycles. The van der Waals surface area contributed by atoms with Crippen LogP contribution in [-0.4, -0.2) is 4.98 Å². The van der Waals surface area contributed by atoms with E-state index in [1.807, 2.05) is 12.1 Å². The molecule has 0 aliphatic heterocycles. The van der Waals surface area contributed by atoms with Crippen molar-refractivity contribution in [3.63, 3.8) is 0 Å². The maximum Gasteiger partial charge on any atom is 0.123 e. The van der Waals surface area contributed by atoms with E-state index in [1.165, 1.54) is 18.2 Å². The van der Waals surface area contributed by atoms with Crippen molar-refractivity contribution in [1.82, 2.24) is 10.3 Å². The number of nitrogens with one attached hydrogen (secondary N) is 1. The molecule has 0 amide bonds. The van der Waals surface area contributed by atoms with Crippen molar-refractivity contribution in [2.75, 3.05) is 0 Å². The molecule has 0 spiro atoms. The first-order valence-electron chi connectivity index (χ1n) is 5.58. The summed E-state index contributed by atoms with van der Waals surface area (Å²) < 4.78 is 13.1. The molecule has 0 saturated heterocycles. The van der Waals surface area contributed by atoms with E-state index in [-0.39, 0.29) is 5.82 Å². The lowest BCUT2D eigenvalue weighted by Gasteiger charge is -2.06. The Morgan fingerprint density at radius 3 is 2.67 bits per heavy atom. The highest BCUT2D eigenvalue weighted by Crippen LogP contribution is 2.10. The van der Waals surface area contributed by atoms with Crippen LogP contribution in [0.4, 0.5) is 4.39 Å². The van der Waals surface area contributed by atoms with Crippen molar-refractivity contribution in [2.24, 2.45) is 0 Å². The lowest BCUT2D eigenvalue weighted by Crippen LogP contribution is -2.13. The molecule has 1 aromatic heterocycles. The Morgan fingerprint density at radius 2 is 1.94 bits per heavy atom. The molecule has 1 N–H and O–H groups in total. The standard InChI is InChI=1S/C14H12FN3/c15-14-2-1-12(8-16)13(7-14)10-18-9-11-3-5-17-6-4-11/h1-7,18H,9-10H2. The lowest BCUT2D eigenvalue weighted by molar-refractivity contribution is 0.619. The van der Waals surface area contributed by atoms with Gasteiger partial charge in [-0.3, -0.25) is 4.98 Å². The Morgan fingerprint density at radius 1 is 1.17 bits per heavy atom. The lowest BCUT2D eigenvalue weighted by atomic mass is 10.1. The topological polar surface area (TPSA) is 48.7 Å². The van der Waals surface area contributed by atoms with Gasteiger partial charge in [-0.25, -0.2) is 4.39 Å². The fourth-order valence-electron chi connectivity index (χ4n) is 1.66. The summed E-state index contributed by atoms with van der Waals surface area (Å²) in [5, 5.41) is 12.1. The van der Waals surface area contributed by atoms with E-state index in [1.54, 1.807) is 12.4 Å². The highest BCUT2D eigenvalue weighted by Gasteiger charge is 2.03. The maximum absolute atomic E-state index is 13.1. The van der Waals surface area contributed by atoms with Gasteiger partial charge >= 0.3 is 0 Å². The average molecular weight is 241 g/mol. The van der Waals surface area contributed by atoms with E-state index < -0.39 is 0 Å². The monoisotopic (exact) mass is 241 g/mol. The normalized spacial score (nSPS) is 10.0. The van der Waals surface area contributed by atoms with Gasteiger partial charge in [0.15, 0.2) is 0 Å². The van der Waals surface area contributed by atoms with Crippen LogP contribution in [0.25, 0.3) is 0 Å². The summed E-state index contributed by atoms with van der Waals surface area (Å²) in [5.41, 5.74) is 2.27. The molecule has 1 aromatic carbocycles. The van der Waals surface area contributed by atoms with Gasteiger partial charge in [0.05, 0.1) is 11.6 Å². The largest absolute Gasteiger partial charge is 0.309 e. The van der Waals surface area contributed by atoms with Crippen LogP contribution in [0.2, 0.25) is 0 Å². The second-order valence-corrected chi connectivity index (χ2v) is 3.87. The first-order valence-corrected chi connectivity index (χ1v) is 5.58. The van der Waals surface area contributed by atoms with Crippen LogP contribution < -0.4 is 5.32 Å². The van der Waals surface area contributed by atoms with E-state index in [2.05, 4.69) is 16.4 Å². The molecule has 0 atom stereocenters. The van der Waals surface area contributed by atoms with E-state index in [4.69, 9.17) is 5.26 Å². The third kappa shape index (κ3) is 3.12. The van der Waals surface area contributed by atoms with Crippen molar-refractivity contribution in [1.29, 1.82) is 5.26 Å². The minimum Gasteiger partial charge on any atom is -0.309 e. The van der Waals surface area contributed by atoms with Crippen LogP contribution >= 0.6 is 0 Å². The minimum atomic E-state index is -0.324. The third-order valence-corrected chi connectivity index (χ3v) is 2.58. The predicted molar refractivity (Wildman–Crippen MR) is 65.9 cm³/mol. The zero-order valence-electron chi connectivity index (χ0n) is 9.73. The van der Waals surface area contributed by atoms with E-state index in [0.29, 0.717) is 24.2 Å². The summed E-state index contributed by atoms with van der Waals surface area (Å²) in [7, 11) is 0.